The summed E-state index contributed by atoms with van der Waals surface area (Å²) < 4.78 is 2.63. The standard InChI is InChI=1S/C7H4ClIN4/c8-6-4-10-7(11-5-6)13-12-3-1-2-9/h3-5H,(H,10,11,13). The molecule has 0 amide bonds. The summed E-state index contributed by atoms with van der Waals surface area (Å²) in [6, 6.07) is 0. The van der Waals surface area contributed by atoms with Gasteiger partial charge in [0.25, 0.3) is 0 Å². The molecule has 1 aromatic rings. The molecule has 0 fully saturated rings. The first kappa shape index (κ1) is 10.2. The van der Waals surface area contributed by atoms with Gasteiger partial charge in [0.15, 0.2) is 0 Å². The van der Waals surface area contributed by atoms with E-state index in [-0.39, 0.29) is 0 Å². The van der Waals surface area contributed by atoms with Crippen LogP contribution < -0.4 is 5.43 Å². The largest absolute Gasteiger partial charge is 0.245 e. The topological polar surface area (TPSA) is 50.2 Å². The summed E-state index contributed by atoms with van der Waals surface area (Å²) in [7, 11) is 0. The van der Waals surface area contributed by atoms with Gasteiger partial charge in [0.05, 0.1) is 23.6 Å². The van der Waals surface area contributed by atoms with E-state index in [2.05, 4.69) is 30.3 Å². The van der Waals surface area contributed by atoms with Crippen LogP contribution in [0, 0.1) is 9.85 Å². The SMILES string of the molecule is Clc1cnc(NN=CC#CI)nc1. The van der Waals surface area contributed by atoms with Crippen molar-refractivity contribution >= 4 is 46.4 Å². The smallest absolute Gasteiger partial charge is 0.243 e. The molecule has 0 saturated carbocycles. The number of nitrogens with one attached hydrogen (secondary N) is 1. The molecule has 0 aliphatic heterocycles. The van der Waals surface area contributed by atoms with Crippen LogP contribution in [-0.4, -0.2) is 16.2 Å². The van der Waals surface area contributed by atoms with Crippen LogP contribution in [0.4, 0.5) is 5.95 Å². The van der Waals surface area contributed by atoms with Crippen molar-refractivity contribution < 1.29 is 0 Å². The molecule has 4 nitrogen and oxygen atoms in total. The van der Waals surface area contributed by atoms with E-state index in [9.17, 15) is 0 Å². The third-order valence-corrected chi connectivity index (χ3v) is 1.48. The van der Waals surface area contributed by atoms with Gasteiger partial charge in [-0.05, 0) is 9.85 Å². The first-order valence-corrected chi connectivity index (χ1v) is 4.65. The van der Waals surface area contributed by atoms with Gasteiger partial charge in [0.1, 0.15) is 0 Å². The molecule has 0 atom stereocenters. The Labute approximate surface area is 93.9 Å². The number of rotatable bonds is 2. The maximum atomic E-state index is 5.58. The molecule has 0 unspecified atom stereocenters. The van der Waals surface area contributed by atoms with Crippen LogP contribution >= 0.6 is 34.2 Å². The van der Waals surface area contributed by atoms with E-state index in [0.717, 1.165) is 0 Å². The van der Waals surface area contributed by atoms with Gasteiger partial charge in [-0.2, -0.15) is 5.10 Å². The number of aromatic nitrogens is 2. The van der Waals surface area contributed by atoms with Gasteiger partial charge >= 0.3 is 0 Å². The van der Waals surface area contributed by atoms with E-state index >= 15 is 0 Å². The van der Waals surface area contributed by atoms with Crippen LogP contribution in [0.5, 0.6) is 0 Å². The second kappa shape index (κ2) is 5.72. The number of nitrogens with zero attached hydrogens (tertiary/aromatic N) is 3. The van der Waals surface area contributed by atoms with Crippen molar-refractivity contribution in [2.75, 3.05) is 5.43 Å². The Morgan fingerprint density at radius 1 is 1.54 bits per heavy atom. The molecule has 0 bridgehead atoms. The zero-order valence-electron chi connectivity index (χ0n) is 6.33. The fourth-order valence-electron chi connectivity index (χ4n) is 0.517. The Balaban J connectivity index is 2.53. The van der Waals surface area contributed by atoms with Gasteiger partial charge in [0.2, 0.25) is 5.95 Å². The summed E-state index contributed by atoms with van der Waals surface area (Å²) in [5.41, 5.74) is 2.59. The molecular formula is C7H4ClIN4. The predicted octanol–water partition coefficient (Wildman–Crippen LogP) is 1.92. The second-order valence-corrected chi connectivity index (χ2v) is 2.81. The predicted molar refractivity (Wildman–Crippen MR) is 61.0 cm³/mol. The zero-order valence-corrected chi connectivity index (χ0v) is 9.24. The lowest BCUT2D eigenvalue weighted by atomic mass is 10.7. The first-order valence-electron chi connectivity index (χ1n) is 3.19. The normalized spacial score (nSPS) is 9.38. The van der Waals surface area contributed by atoms with E-state index in [1.54, 1.807) is 0 Å². The van der Waals surface area contributed by atoms with Gasteiger partial charge in [-0.1, -0.05) is 11.6 Å². The third kappa shape index (κ3) is 4.05. The maximum absolute atomic E-state index is 5.58. The summed E-state index contributed by atoms with van der Waals surface area (Å²) >= 11 is 7.50. The number of hydrogen-bond acceptors (Lipinski definition) is 4. The van der Waals surface area contributed by atoms with Crippen molar-refractivity contribution in [3.8, 4) is 9.85 Å². The average Bonchev–Trinajstić information content (AvgIpc) is 2.15. The molecule has 1 heterocycles. The quantitative estimate of drug-likeness (QED) is 0.393. The lowest BCUT2D eigenvalue weighted by Crippen LogP contribution is -1.94. The Bertz CT molecular complexity index is 351. The minimum atomic E-state index is 0.385. The third-order valence-electron chi connectivity index (χ3n) is 0.969. The van der Waals surface area contributed by atoms with Gasteiger partial charge in [0, 0.05) is 22.6 Å². The van der Waals surface area contributed by atoms with E-state index in [1.807, 2.05) is 22.6 Å². The van der Waals surface area contributed by atoms with E-state index in [0.29, 0.717) is 11.0 Å². The second-order valence-electron chi connectivity index (χ2n) is 1.83. The lowest BCUT2D eigenvalue weighted by molar-refractivity contribution is 1.12. The number of halogens is 2. The molecule has 6 heteroatoms. The highest BCUT2D eigenvalue weighted by Gasteiger charge is 1.91. The number of hydrazone groups is 1. The minimum Gasteiger partial charge on any atom is -0.245 e. The summed E-state index contributed by atoms with van der Waals surface area (Å²) in [5, 5.41) is 4.23. The maximum Gasteiger partial charge on any atom is 0.243 e. The molecule has 13 heavy (non-hydrogen) atoms. The molecule has 1 N–H and O–H groups in total. The monoisotopic (exact) mass is 306 g/mol. The summed E-state index contributed by atoms with van der Waals surface area (Å²) in [4.78, 5) is 7.72. The Morgan fingerprint density at radius 2 is 2.23 bits per heavy atom. The summed E-state index contributed by atoms with van der Waals surface area (Å²) in [6.45, 7) is 0. The highest BCUT2D eigenvalue weighted by molar-refractivity contribution is 14.1. The number of anilines is 1. The van der Waals surface area contributed by atoms with Crippen LogP contribution in [0.1, 0.15) is 0 Å². The van der Waals surface area contributed by atoms with Crippen LogP contribution in [0.15, 0.2) is 17.5 Å². The Hall–Kier alpha value is -0.870. The first-order chi connectivity index (χ1) is 6.33. The Kier molecular flexibility index (Phi) is 4.49. The van der Waals surface area contributed by atoms with Crippen molar-refractivity contribution in [3.63, 3.8) is 0 Å². The van der Waals surface area contributed by atoms with Crippen molar-refractivity contribution in [1.29, 1.82) is 0 Å². The van der Waals surface area contributed by atoms with E-state index < -0.39 is 0 Å². The molecule has 0 radical (unpaired) electrons. The zero-order chi connectivity index (χ0) is 9.52. The van der Waals surface area contributed by atoms with Gasteiger partial charge in [-0.3, -0.25) is 0 Å². The molecule has 0 aromatic carbocycles. The molecular weight excluding hydrogens is 302 g/mol. The Morgan fingerprint density at radius 3 is 2.85 bits per heavy atom. The van der Waals surface area contributed by atoms with Crippen molar-refractivity contribution in [1.82, 2.24) is 9.97 Å². The van der Waals surface area contributed by atoms with E-state index in [1.165, 1.54) is 18.6 Å². The van der Waals surface area contributed by atoms with Gasteiger partial charge in [-0.15, -0.1) is 0 Å². The summed E-state index contributed by atoms with van der Waals surface area (Å²) in [5.74, 6) is 3.02. The molecule has 1 rings (SSSR count). The molecule has 0 saturated heterocycles. The van der Waals surface area contributed by atoms with E-state index in [4.69, 9.17) is 11.6 Å². The highest BCUT2D eigenvalue weighted by atomic mass is 127. The van der Waals surface area contributed by atoms with Crippen molar-refractivity contribution in [2.45, 2.75) is 0 Å². The molecule has 66 valence electrons. The van der Waals surface area contributed by atoms with Crippen LogP contribution in [-0.2, 0) is 0 Å². The van der Waals surface area contributed by atoms with Gasteiger partial charge in [-0.25, -0.2) is 15.4 Å². The summed E-state index contributed by atoms with van der Waals surface area (Å²) in [6.07, 6.45) is 4.39. The highest BCUT2D eigenvalue weighted by Crippen LogP contribution is 2.04. The molecule has 0 aliphatic carbocycles. The molecule has 1 aromatic heterocycles. The number of hydrogen-bond donors (Lipinski definition) is 1. The molecule has 0 spiro atoms. The molecule has 0 aliphatic rings. The fraction of sp³-hybridized carbons (Fsp3) is 0. The lowest BCUT2D eigenvalue weighted by Gasteiger charge is -1.94. The fourth-order valence-corrected chi connectivity index (χ4v) is 0.754. The minimum absolute atomic E-state index is 0.385. The van der Waals surface area contributed by atoms with Crippen LogP contribution in [0.3, 0.4) is 0 Å². The van der Waals surface area contributed by atoms with Gasteiger partial charge < -0.3 is 0 Å². The van der Waals surface area contributed by atoms with Crippen molar-refractivity contribution in [2.24, 2.45) is 5.10 Å². The van der Waals surface area contributed by atoms with Crippen molar-refractivity contribution in [3.05, 3.63) is 17.4 Å². The van der Waals surface area contributed by atoms with Crippen LogP contribution in [0.2, 0.25) is 5.02 Å². The average molecular weight is 306 g/mol. The van der Waals surface area contributed by atoms with Crippen LogP contribution in [0.25, 0.3) is 0 Å².